The Morgan fingerprint density at radius 2 is 2.00 bits per heavy atom. The van der Waals surface area contributed by atoms with Crippen molar-refractivity contribution in [3.63, 3.8) is 0 Å². The summed E-state index contributed by atoms with van der Waals surface area (Å²) >= 11 is 1.80. The van der Waals surface area contributed by atoms with Crippen LogP contribution in [0, 0.1) is 0 Å². The molecule has 0 aliphatic rings. The summed E-state index contributed by atoms with van der Waals surface area (Å²) in [7, 11) is 0. The smallest absolute Gasteiger partial charge is 0.220 e. The molecule has 0 saturated heterocycles. The lowest BCUT2D eigenvalue weighted by Crippen LogP contribution is -2.27. The van der Waals surface area contributed by atoms with Crippen LogP contribution in [0.15, 0.2) is 5.11 Å². The van der Waals surface area contributed by atoms with E-state index >= 15 is 0 Å². The van der Waals surface area contributed by atoms with Crippen molar-refractivity contribution < 1.29 is 14.3 Å². The van der Waals surface area contributed by atoms with Gasteiger partial charge in [0.15, 0.2) is 0 Å². The summed E-state index contributed by atoms with van der Waals surface area (Å²) in [5.74, 6) is 2.05. The molecule has 0 aromatic carbocycles. The lowest BCUT2D eigenvalue weighted by Gasteiger charge is -2.06. The average molecular weight is 304 g/mol. The molecule has 0 heterocycles. The third-order valence-corrected chi connectivity index (χ3v) is 3.35. The van der Waals surface area contributed by atoms with Gasteiger partial charge in [-0.05, 0) is 17.7 Å². The number of nitrogens with one attached hydrogen (secondary N) is 1. The zero-order chi connectivity index (χ0) is 14.9. The van der Waals surface area contributed by atoms with Gasteiger partial charge in [-0.25, -0.2) is 0 Å². The molecule has 8 heteroatoms. The number of thioether (sulfide) groups is 1. The van der Waals surface area contributed by atoms with E-state index in [0.29, 0.717) is 45.9 Å². The molecule has 0 atom stereocenters. The first-order valence-electron chi connectivity index (χ1n) is 6.82. The van der Waals surface area contributed by atoms with Crippen LogP contribution in [0.4, 0.5) is 0 Å². The van der Waals surface area contributed by atoms with Crippen LogP contribution in [0.1, 0.15) is 19.8 Å². The monoisotopic (exact) mass is 304 g/mol. The Bertz CT molecular complexity index is 286. The van der Waals surface area contributed by atoms with E-state index in [1.165, 1.54) is 0 Å². The molecule has 0 saturated carbocycles. The van der Waals surface area contributed by atoms with E-state index in [0.717, 1.165) is 17.9 Å². The average Bonchev–Trinajstić information content (AvgIpc) is 2.45. The number of carbonyl (C=O) groups is 1. The maximum absolute atomic E-state index is 11.4. The summed E-state index contributed by atoms with van der Waals surface area (Å²) < 4.78 is 10.4. The van der Waals surface area contributed by atoms with Gasteiger partial charge in [-0.1, -0.05) is 12.0 Å². The van der Waals surface area contributed by atoms with Crippen molar-refractivity contribution in [2.24, 2.45) is 5.11 Å². The molecule has 0 rings (SSSR count). The maximum atomic E-state index is 11.4. The minimum absolute atomic E-state index is 0.0721. The fraction of sp³-hybridized carbons (Fsp3) is 0.917. The molecule has 0 aliphatic heterocycles. The van der Waals surface area contributed by atoms with Crippen molar-refractivity contribution in [1.29, 1.82) is 0 Å². The van der Waals surface area contributed by atoms with Crippen LogP contribution >= 0.6 is 11.8 Å². The number of rotatable bonds is 14. The minimum atomic E-state index is 0.0721. The SMILES string of the molecule is CCCSCCC(=O)NCCOCCOCCN=[N+]=[N-]. The normalized spacial score (nSPS) is 10.1. The highest BCUT2D eigenvalue weighted by atomic mass is 32.2. The Labute approximate surface area is 124 Å². The molecule has 0 aromatic heterocycles. The summed E-state index contributed by atoms with van der Waals surface area (Å²) in [5.41, 5.74) is 8.03. The van der Waals surface area contributed by atoms with Gasteiger partial charge in [0.1, 0.15) is 0 Å². The molecular formula is C12H24N4O3S. The van der Waals surface area contributed by atoms with Crippen molar-refractivity contribution in [2.75, 3.05) is 51.0 Å². The van der Waals surface area contributed by atoms with Gasteiger partial charge < -0.3 is 14.8 Å². The van der Waals surface area contributed by atoms with Gasteiger partial charge in [-0.15, -0.1) is 0 Å². The summed E-state index contributed by atoms with van der Waals surface area (Å²) in [6, 6.07) is 0. The number of hydrogen-bond acceptors (Lipinski definition) is 5. The largest absolute Gasteiger partial charge is 0.379 e. The van der Waals surface area contributed by atoms with Crippen LogP contribution < -0.4 is 5.32 Å². The number of azide groups is 1. The van der Waals surface area contributed by atoms with E-state index < -0.39 is 0 Å². The molecule has 0 aromatic rings. The predicted octanol–water partition coefficient (Wildman–Crippen LogP) is 1.98. The van der Waals surface area contributed by atoms with Gasteiger partial charge in [-0.3, -0.25) is 4.79 Å². The Balaban J connectivity index is 3.15. The summed E-state index contributed by atoms with van der Waals surface area (Å²) in [6.07, 6.45) is 1.71. The van der Waals surface area contributed by atoms with Gasteiger partial charge in [0, 0.05) is 30.2 Å². The number of carbonyl (C=O) groups excluding carboxylic acids is 1. The van der Waals surface area contributed by atoms with Crippen molar-refractivity contribution in [2.45, 2.75) is 19.8 Å². The lowest BCUT2D eigenvalue weighted by molar-refractivity contribution is -0.120. The second-order valence-corrected chi connectivity index (χ2v) is 5.12. The molecule has 116 valence electrons. The van der Waals surface area contributed by atoms with E-state index in [1.54, 1.807) is 11.8 Å². The van der Waals surface area contributed by atoms with Gasteiger partial charge in [0.25, 0.3) is 0 Å². The molecule has 1 amide bonds. The van der Waals surface area contributed by atoms with E-state index in [2.05, 4.69) is 22.3 Å². The highest BCUT2D eigenvalue weighted by Gasteiger charge is 2.00. The summed E-state index contributed by atoms with van der Waals surface area (Å²) in [6.45, 7) is 4.80. The molecule has 0 bridgehead atoms. The fourth-order valence-electron chi connectivity index (χ4n) is 1.23. The third kappa shape index (κ3) is 15.1. The van der Waals surface area contributed by atoms with Crippen LogP contribution in [0.3, 0.4) is 0 Å². The fourth-order valence-corrected chi connectivity index (χ4v) is 2.06. The number of hydrogen-bond donors (Lipinski definition) is 1. The molecule has 20 heavy (non-hydrogen) atoms. The van der Waals surface area contributed by atoms with Crippen molar-refractivity contribution in [3.05, 3.63) is 10.4 Å². The lowest BCUT2D eigenvalue weighted by atomic mass is 10.4. The minimum Gasteiger partial charge on any atom is -0.379 e. The van der Waals surface area contributed by atoms with Crippen molar-refractivity contribution in [3.8, 4) is 0 Å². The maximum Gasteiger partial charge on any atom is 0.220 e. The highest BCUT2D eigenvalue weighted by molar-refractivity contribution is 7.99. The van der Waals surface area contributed by atoms with Crippen LogP contribution in [0.2, 0.25) is 0 Å². The Hall–Kier alpha value is -0.950. The van der Waals surface area contributed by atoms with Crippen LogP contribution in [0.25, 0.3) is 10.4 Å². The Kier molecular flexibility index (Phi) is 15.3. The van der Waals surface area contributed by atoms with E-state index in [-0.39, 0.29) is 5.91 Å². The van der Waals surface area contributed by atoms with E-state index in [4.69, 9.17) is 15.0 Å². The second-order valence-electron chi connectivity index (χ2n) is 3.89. The molecule has 0 radical (unpaired) electrons. The Morgan fingerprint density at radius 3 is 2.70 bits per heavy atom. The Morgan fingerprint density at radius 1 is 1.25 bits per heavy atom. The quantitative estimate of drug-likeness (QED) is 0.230. The third-order valence-electron chi connectivity index (χ3n) is 2.16. The van der Waals surface area contributed by atoms with Gasteiger partial charge in [-0.2, -0.15) is 11.8 Å². The number of ether oxygens (including phenoxy) is 2. The van der Waals surface area contributed by atoms with Crippen molar-refractivity contribution in [1.82, 2.24) is 5.32 Å². The molecule has 0 fully saturated rings. The zero-order valence-electron chi connectivity index (χ0n) is 12.0. The first-order valence-corrected chi connectivity index (χ1v) is 7.97. The zero-order valence-corrected chi connectivity index (χ0v) is 12.9. The molecule has 1 N–H and O–H groups in total. The first-order chi connectivity index (χ1) is 9.81. The van der Waals surface area contributed by atoms with Crippen LogP contribution in [0.5, 0.6) is 0 Å². The van der Waals surface area contributed by atoms with Crippen LogP contribution in [-0.2, 0) is 14.3 Å². The van der Waals surface area contributed by atoms with E-state index in [9.17, 15) is 4.79 Å². The number of nitrogens with zero attached hydrogens (tertiary/aromatic N) is 3. The molecule has 7 nitrogen and oxygen atoms in total. The standard InChI is InChI=1S/C12H24N4O3S/c1-2-10-20-11-3-12(17)14-4-6-18-8-9-19-7-5-15-16-13/h2-11H2,1H3,(H,14,17). The molecule has 0 unspecified atom stereocenters. The molecule has 0 spiro atoms. The summed E-state index contributed by atoms with van der Waals surface area (Å²) in [5, 5.41) is 6.15. The van der Waals surface area contributed by atoms with Gasteiger partial charge in [0.05, 0.1) is 26.4 Å². The van der Waals surface area contributed by atoms with Crippen molar-refractivity contribution >= 4 is 17.7 Å². The van der Waals surface area contributed by atoms with E-state index in [1.807, 2.05) is 0 Å². The van der Waals surface area contributed by atoms with Gasteiger partial charge in [0.2, 0.25) is 5.91 Å². The van der Waals surface area contributed by atoms with Gasteiger partial charge >= 0.3 is 0 Å². The first kappa shape index (κ1) is 19.1. The molecule has 0 aliphatic carbocycles. The summed E-state index contributed by atoms with van der Waals surface area (Å²) in [4.78, 5) is 14.0. The molecular weight excluding hydrogens is 280 g/mol. The highest BCUT2D eigenvalue weighted by Crippen LogP contribution is 2.03. The van der Waals surface area contributed by atoms with Crippen LogP contribution in [-0.4, -0.2) is 56.9 Å². The topological polar surface area (TPSA) is 96.3 Å². The number of amides is 1. The predicted molar refractivity (Wildman–Crippen MR) is 80.9 cm³/mol. The second kappa shape index (κ2) is 16.1.